The Hall–Kier alpha value is 0.214. The topological polar surface area (TPSA) is 13.1 Å². The number of benzene rings is 1. The first-order valence-electron chi connectivity index (χ1n) is 2.94. The van der Waals surface area contributed by atoms with Crippen LogP contribution in [0, 0.1) is 6.07 Å². The fourth-order valence-electron chi connectivity index (χ4n) is 0.896. The molecule has 1 nitrogen and oxygen atoms in total. The molecular formula is C8H5OSY-. The van der Waals surface area contributed by atoms with E-state index in [1.165, 1.54) is 0 Å². The van der Waals surface area contributed by atoms with E-state index in [-0.39, 0.29) is 32.7 Å². The number of fused-ring (bicyclic) bond motifs is 1. The molecule has 0 aliphatic carbocycles. The van der Waals surface area contributed by atoms with Gasteiger partial charge in [0, 0.05) is 38.3 Å². The normalized spacial score (nSPS) is 9.55. The van der Waals surface area contributed by atoms with Crippen molar-refractivity contribution < 1.29 is 37.1 Å². The molecule has 0 aliphatic heterocycles. The molecule has 0 spiro atoms. The summed E-state index contributed by atoms with van der Waals surface area (Å²) >= 11 is 4.14. The van der Waals surface area contributed by atoms with Gasteiger partial charge in [-0.1, -0.05) is 5.39 Å². The van der Waals surface area contributed by atoms with Crippen LogP contribution >= 0.6 is 12.6 Å². The molecule has 0 saturated heterocycles. The SMILES string of the molecule is Sc1[c-]cc2occc2c1.[Y]. The summed E-state index contributed by atoms with van der Waals surface area (Å²) in [6.45, 7) is 0. The molecule has 2 rings (SSSR count). The van der Waals surface area contributed by atoms with Crippen molar-refractivity contribution in [1.29, 1.82) is 0 Å². The number of rotatable bonds is 0. The third-order valence-electron chi connectivity index (χ3n) is 1.37. The zero-order chi connectivity index (χ0) is 6.97. The van der Waals surface area contributed by atoms with Crippen LogP contribution < -0.4 is 0 Å². The molecule has 3 heteroatoms. The van der Waals surface area contributed by atoms with Crippen LogP contribution in [0.5, 0.6) is 0 Å². The predicted molar refractivity (Wildman–Crippen MR) is 42.3 cm³/mol. The summed E-state index contributed by atoms with van der Waals surface area (Å²) in [6, 6.07) is 8.54. The standard InChI is InChI=1S/C8H5OS.Y/c10-7-1-2-8-6(5-7)3-4-9-8;/h2-5,10H;/q-1;. The molecule has 0 atom stereocenters. The van der Waals surface area contributed by atoms with Gasteiger partial charge in [-0.25, -0.2) is 0 Å². The average molecular weight is 238 g/mol. The van der Waals surface area contributed by atoms with Crippen LogP contribution in [-0.2, 0) is 32.7 Å². The minimum absolute atomic E-state index is 0. The van der Waals surface area contributed by atoms with E-state index in [9.17, 15) is 0 Å². The van der Waals surface area contributed by atoms with Crippen molar-refractivity contribution >= 4 is 23.6 Å². The summed E-state index contributed by atoms with van der Waals surface area (Å²) in [4.78, 5) is 0.842. The largest absolute Gasteiger partial charge is 0.523 e. The maximum atomic E-state index is 5.11. The number of thiol groups is 1. The van der Waals surface area contributed by atoms with Crippen LogP contribution in [0.4, 0.5) is 0 Å². The molecule has 0 aliphatic rings. The molecule has 0 amide bonds. The van der Waals surface area contributed by atoms with Crippen LogP contribution in [0.1, 0.15) is 0 Å². The van der Waals surface area contributed by atoms with Gasteiger partial charge in [0.25, 0.3) is 0 Å². The summed E-state index contributed by atoms with van der Waals surface area (Å²) in [5, 5.41) is 1.07. The molecule has 0 N–H and O–H groups in total. The zero-order valence-electron chi connectivity index (χ0n) is 5.74. The summed E-state index contributed by atoms with van der Waals surface area (Å²) in [5.41, 5.74) is 0.859. The van der Waals surface area contributed by atoms with E-state index in [4.69, 9.17) is 4.42 Å². The number of hydrogen-bond acceptors (Lipinski definition) is 2. The Labute approximate surface area is 95.4 Å². The van der Waals surface area contributed by atoms with Crippen LogP contribution in [0.25, 0.3) is 11.0 Å². The second-order valence-corrected chi connectivity index (χ2v) is 2.54. The molecule has 2 aromatic rings. The van der Waals surface area contributed by atoms with Crippen molar-refractivity contribution in [1.82, 2.24) is 0 Å². The fourth-order valence-corrected chi connectivity index (χ4v) is 1.10. The van der Waals surface area contributed by atoms with E-state index < -0.39 is 0 Å². The maximum Gasteiger partial charge on any atom is 0.0720 e. The van der Waals surface area contributed by atoms with Crippen LogP contribution in [-0.4, -0.2) is 0 Å². The molecule has 0 bridgehead atoms. The first kappa shape index (κ1) is 9.30. The third-order valence-corrected chi connectivity index (χ3v) is 1.63. The molecule has 1 aromatic carbocycles. The van der Waals surface area contributed by atoms with Gasteiger partial charge in [-0.3, -0.25) is 0 Å². The van der Waals surface area contributed by atoms with Gasteiger partial charge in [0.1, 0.15) is 0 Å². The van der Waals surface area contributed by atoms with Crippen LogP contribution in [0.15, 0.2) is 33.8 Å². The number of hydrogen-bond donors (Lipinski definition) is 1. The average Bonchev–Trinajstić information content (AvgIpc) is 2.33. The smallest absolute Gasteiger partial charge is 0.0720 e. The third kappa shape index (κ3) is 1.87. The van der Waals surface area contributed by atoms with Crippen molar-refractivity contribution in [3.8, 4) is 0 Å². The van der Waals surface area contributed by atoms with Crippen molar-refractivity contribution in [2.24, 2.45) is 0 Å². The second-order valence-electron chi connectivity index (χ2n) is 2.06. The van der Waals surface area contributed by atoms with Gasteiger partial charge in [-0.15, -0.1) is 17.0 Å². The predicted octanol–water partition coefficient (Wildman–Crippen LogP) is 2.52. The van der Waals surface area contributed by atoms with Crippen molar-refractivity contribution in [3.63, 3.8) is 0 Å². The molecule has 0 fully saturated rings. The van der Waals surface area contributed by atoms with E-state index in [0.717, 1.165) is 15.9 Å². The molecule has 0 unspecified atom stereocenters. The molecule has 53 valence electrons. The Kier molecular flexibility index (Phi) is 3.17. The van der Waals surface area contributed by atoms with E-state index in [0.29, 0.717) is 0 Å². The van der Waals surface area contributed by atoms with Crippen molar-refractivity contribution in [2.45, 2.75) is 4.90 Å². The number of furan rings is 1. The van der Waals surface area contributed by atoms with E-state index in [2.05, 4.69) is 18.7 Å². The monoisotopic (exact) mass is 238 g/mol. The molecule has 11 heavy (non-hydrogen) atoms. The Morgan fingerprint density at radius 1 is 1.45 bits per heavy atom. The first-order valence-corrected chi connectivity index (χ1v) is 3.39. The van der Waals surface area contributed by atoms with Gasteiger partial charge in [0.15, 0.2) is 0 Å². The van der Waals surface area contributed by atoms with Gasteiger partial charge in [-0.2, -0.15) is 18.7 Å². The summed E-state index contributed by atoms with van der Waals surface area (Å²) in [6.07, 6.45) is 1.66. The first-order chi connectivity index (χ1) is 4.86. The van der Waals surface area contributed by atoms with Crippen molar-refractivity contribution in [3.05, 3.63) is 30.5 Å². The Morgan fingerprint density at radius 2 is 2.27 bits per heavy atom. The second kappa shape index (κ2) is 3.75. The quantitative estimate of drug-likeness (QED) is 0.549. The van der Waals surface area contributed by atoms with Gasteiger partial charge in [-0.05, 0) is 6.07 Å². The molecule has 1 heterocycles. The maximum absolute atomic E-state index is 5.11. The van der Waals surface area contributed by atoms with Gasteiger partial charge in [0.2, 0.25) is 0 Å². The molecule has 0 saturated carbocycles. The van der Waals surface area contributed by atoms with Crippen LogP contribution in [0.3, 0.4) is 0 Å². The fraction of sp³-hybridized carbons (Fsp3) is 0. The minimum atomic E-state index is 0. The van der Waals surface area contributed by atoms with E-state index >= 15 is 0 Å². The van der Waals surface area contributed by atoms with Crippen molar-refractivity contribution in [2.75, 3.05) is 0 Å². The molecule has 1 aromatic heterocycles. The molecular weight excluding hydrogens is 233 g/mol. The molecule has 1 radical (unpaired) electrons. The minimum Gasteiger partial charge on any atom is -0.523 e. The van der Waals surface area contributed by atoms with Gasteiger partial charge < -0.3 is 4.42 Å². The van der Waals surface area contributed by atoms with Gasteiger partial charge >= 0.3 is 0 Å². The summed E-state index contributed by atoms with van der Waals surface area (Å²) in [7, 11) is 0. The Bertz CT molecular complexity index is 356. The Morgan fingerprint density at radius 3 is 3.09 bits per heavy atom. The zero-order valence-corrected chi connectivity index (χ0v) is 9.47. The van der Waals surface area contributed by atoms with Gasteiger partial charge in [0.05, 0.1) is 6.26 Å². The van der Waals surface area contributed by atoms with E-state index in [1.807, 2.05) is 12.1 Å². The van der Waals surface area contributed by atoms with Crippen LogP contribution in [0.2, 0.25) is 0 Å². The van der Waals surface area contributed by atoms with E-state index in [1.54, 1.807) is 12.3 Å². The summed E-state index contributed by atoms with van der Waals surface area (Å²) in [5.74, 6) is 0. The Balaban J connectivity index is 0.000000605. The summed E-state index contributed by atoms with van der Waals surface area (Å²) < 4.78 is 5.11.